The van der Waals surface area contributed by atoms with E-state index in [0.29, 0.717) is 21.9 Å². The molecule has 3 rings (SSSR count). The average Bonchev–Trinajstić information content (AvgIpc) is 3.10. The second-order valence-electron chi connectivity index (χ2n) is 5.66. The van der Waals surface area contributed by atoms with Gasteiger partial charge in [-0.05, 0) is 30.0 Å². The van der Waals surface area contributed by atoms with Crippen LogP contribution in [0.25, 0.3) is 10.2 Å². The first-order valence-corrected chi connectivity index (χ1v) is 10.1. The van der Waals surface area contributed by atoms with Crippen LogP contribution in [0, 0.1) is 5.82 Å². The number of benzene rings is 1. The lowest BCUT2D eigenvalue weighted by Crippen LogP contribution is -2.23. The third kappa shape index (κ3) is 4.13. The van der Waals surface area contributed by atoms with Gasteiger partial charge in [0.1, 0.15) is 10.5 Å². The summed E-state index contributed by atoms with van der Waals surface area (Å²) in [7, 11) is 0. The highest BCUT2D eigenvalue weighted by Gasteiger charge is 2.14. The second-order valence-corrected chi connectivity index (χ2v) is 7.51. The first kappa shape index (κ1) is 18.6. The molecule has 5 nitrogen and oxygen atoms in total. The molecule has 0 fully saturated rings. The van der Waals surface area contributed by atoms with Crippen molar-refractivity contribution in [3.05, 3.63) is 51.9 Å². The van der Waals surface area contributed by atoms with E-state index in [-0.39, 0.29) is 22.9 Å². The molecule has 0 radical (unpaired) electrons. The van der Waals surface area contributed by atoms with E-state index < -0.39 is 5.82 Å². The zero-order chi connectivity index (χ0) is 18.5. The topological polar surface area (TPSA) is 64.0 Å². The van der Waals surface area contributed by atoms with E-state index in [1.165, 1.54) is 35.2 Å². The molecule has 1 N–H and O–H groups in total. The van der Waals surface area contributed by atoms with Crippen LogP contribution >= 0.6 is 23.1 Å². The Balaban J connectivity index is 1.78. The van der Waals surface area contributed by atoms with Crippen LogP contribution in [0.5, 0.6) is 0 Å². The molecule has 2 heterocycles. The number of thiophene rings is 1. The largest absolute Gasteiger partial charge is 0.323 e. The van der Waals surface area contributed by atoms with Crippen molar-refractivity contribution in [1.29, 1.82) is 0 Å². The molecule has 0 aliphatic rings. The SMILES string of the molecule is CCCCn1c(SCC(=O)Nc2ccccc2F)nc2ccsc2c1=O. The van der Waals surface area contributed by atoms with Gasteiger partial charge in [-0.15, -0.1) is 11.3 Å². The second kappa shape index (κ2) is 8.46. The van der Waals surface area contributed by atoms with Crippen LogP contribution < -0.4 is 10.9 Å². The molecule has 0 saturated heterocycles. The Hall–Kier alpha value is -2.19. The number of carbonyl (C=O) groups excluding carboxylic acids is 1. The van der Waals surface area contributed by atoms with Gasteiger partial charge >= 0.3 is 0 Å². The number of rotatable bonds is 7. The Labute approximate surface area is 158 Å². The lowest BCUT2D eigenvalue weighted by molar-refractivity contribution is -0.113. The van der Waals surface area contributed by atoms with Crippen LogP contribution in [0.1, 0.15) is 19.8 Å². The van der Waals surface area contributed by atoms with Crippen LogP contribution in [0.4, 0.5) is 10.1 Å². The standard InChI is InChI=1S/C18H18FN3O2S2/c1-2-3-9-22-17(24)16-14(8-10-25-16)21-18(22)26-11-15(23)20-13-7-5-4-6-12(13)19/h4-8,10H,2-3,9,11H2,1H3,(H,20,23). The van der Waals surface area contributed by atoms with E-state index in [9.17, 15) is 14.0 Å². The van der Waals surface area contributed by atoms with Gasteiger partial charge in [-0.2, -0.15) is 0 Å². The third-order valence-electron chi connectivity index (χ3n) is 3.75. The number of fused-ring (bicyclic) bond motifs is 1. The van der Waals surface area contributed by atoms with Gasteiger partial charge in [0.25, 0.3) is 5.56 Å². The number of carbonyl (C=O) groups is 1. The number of anilines is 1. The fourth-order valence-electron chi connectivity index (χ4n) is 2.43. The van der Waals surface area contributed by atoms with Crippen molar-refractivity contribution in [3.63, 3.8) is 0 Å². The molecule has 0 aliphatic heterocycles. The van der Waals surface area contributed by atoms with Gasteiger partial charge in [0.2, 0.25) is 5.91 Å². The summed E-state index contributed by atoms with van der Waals surface area (Å²) in [5.41, 5.74) is 0.711. The molecule has 0 spiro atoms. The lowest BCUT2D eigenvalue weighted by atomic mass is 10.3. The highest BCUT2D eigenvalue weighted by atomic mass is 32.2. The van der Waals surface area contributed by atoms with E-state index in [2.05, 4.69) is 17.2 Å². The van der Waals surface area contributed by atoms with Crippen molar-refractivity contribution in [2.75, 3.05) is 11.1 Å². The van der Waals surface area contributed by atoms with Crippen LogP contribution in [0.15, 0.2) is 45.7 Å². The highest BCUT2D eigenvalue weighted by molar-refractivity contribution is 7.99. The Bertz CT molecular complexity index is 984. The number of halogens is 1. The van der Waals surface area contributed by atoms with Crippen LogP contribution in [0.2, 0.25) is 0 Å². The number of nitrogens with one attached hydrogen (secondary N) is 1. The summed E-state index contributed by atoms with van der Waals surface area (Å²) in [6.07, 6.45) is 1.81. The summed E-state index contributed by atoms with van der Waals surface area (Å²) in [6.45, 7) is 2.62. The minimum atomic E-state index is -0.483. The molecule has 0 unspecified atom stereocenters. The van der Waals surface area contributed by atoms with Crippen LogP contribution in [0.3, 0.4) is 0 Å². The maximum Gasteiger partial charge on any atom is 0.272 e. The molecular formula is C18H18FN3O2S2. The molecule has 136 valence electrons. The van der Waals surface area contributed by atoms with Gasteiger partial charge < -0.3 is 5.32 Å². The molecule has 1 amide bonds. The molecule has 0 atom stereocenters. The van der Waals surface area contributed by atoms with Crippen molar-refractivity contribution in [1.82, 2.24) is 9.55 Å². The van der Waals surface area contributed by atoms with Crippen molar-refractivity contribution in [3.8, 4) is 0 Å². The van der Waals surface area contributed by atoms with E-state index in [1.54, 1.807) is 22.8 Å². The molecule has 8 heteroatoms. The average molecular weight is 391 g/mol. The van der Waals surface area contributed by atoms with E-state index in [1.807, 2.05) is 5.38 Å². The first-order chi connectivity index (χ1) is 12.6. The summed E-state index contributed by atoms with van der Waals surface area (Å²) in [5.74, 6) is -0.784. The summed E-state index contributed by atoms with van der Waals surface area (Å²) in [5, 5.41) is 4.89. The Morgan fingerprint density at radius 3 is 2.92 bits per heavy atom. The molecular weight excluding hydrogens is 373 g/mol. The van der Waals surface area contributed by atoms with Gasteiger partial charge in [0.15, 0.2) is 5.16 Å². The fraction of sp³-hybridized carbons (Fsp3) is 0.278. The molecule has 1 aromatic carbocycles. The number of hydrogen-bond acceptors (Lipinski definition) is 5. The maximum absolute atomic E-state index is 13.6. The van der Waals surface area contributed by atoms with E-state index >= 15 is 0 Å². The highest BCUT2D eigenvalue weighted by Crippen LogP contribution is 2.22. The summed E-state index contributed by atoms with van der Waals surface area (Å²) in [6, 6.07) is 7.81. The number of hydrogen-bond donors (Lipinski definition) is 1. The van der Waals surface area contributed by atoms with E-state index in [0.717, 1.165) is 12.8 Å². The van der Waals surface area contributed by atoms with Gasteiger partial charge in [0.05, 0.1) is 17.0 Å². The van der Waals surface area contributed by atoms with E-state index in [4.69, 9.17) is 0 Å². The van der Waals surface area contributed by atoms with Crippen LogP contribution in [-0.2, 0) is 11.3 Å². The molecule has 2 aromatic heterocycles. The summed E-state index contributed by atoms with van der Waals surface area (Å²) < 4.78 is 15.9. The van der Waals surface area contributed by atoms with Crippen molar-refractivity contribution in [2.24, 2.45) is 0 Å². The summed E-state index contributed by atoms with van der Waals surface area (Å²) >= 11 is 2.56. The Morgan fingerprint density at radius 2 is 2.15 bits per heavy atom. The number of amides is 1. The number of unbranched alkanes of at least 4 members (excludes halogenated alkanes) is 1. The number of nitrogens with zero attached hydrogens (tertiary/aromatic N) is 2. The smallest absolute Gasteiger partial charge is 0.272 e. The van der Waals surface area contributed by atoms with Gasteiger partial charge in [-0.3, -0.25) is 14.2 Å². The zero-order valence-electron chi connectivity index (χ0n) is 14.2. The quantitative estimate of drug-likeness (QED) is 0.486. The van der Waals surface area contributed by atoms with Crippen LogP contribution in [-0.4, -0.2) is 21.2 Å². The monoisotopic (exact) mass is 391 g/mol. The predicted octanol–water partition coefficient (Wildman–Crippen LogP) is 4.13. The Morgan fingerprint density at radius 1 is 1.35 bits per heavy atom. The Kier molecular flexibility index (Phi) is 6.05. The predicted molar refractivity (Wildman–Crippen MR) is 105 cm³/mol. The fourth-order valence-corrected chi connectivity index (χ4v) is 4.03. The van der Waals surface area contributed by atoms with Gasteiger partial charge in [0, 0.05) is 6.54 Å². The molecule has 26 heavy (non-hydrogen) atoms. The molecule has 0 bridgehead atoms. The molecule has 0 aliphatic carbocycles. The number of thioether (sulfide) groups is 1. The zero-order valence-corrected chi connectivity index (χ0v) is 15.8. The van der Waals surface area contributed by atoms with Gasteiger partial charge in [-0.1, -0.05) is 37.2 Å². The minimum Gasteiger partial charge on any atom is -0.323 e. The minimum absolute atomic E-state index is 0.0442. The third-order valence-corrected chi connectivity index (χ3v) is 5.61. The van der Waals surface area contributed by atoms with Crippen molar-refractivity contribution >= 4 is 44.9 Å². The lowest BCUT2D eigenvalue weighted by Gasteiger charge is -2.11. The van der Waals surface area contributed by atoms with Crippen molar-refractivity contribution < 1.29 is 9.18 Å². The number of para-hydroxylation sites is 1. The van der Waals surface area contributed by atoms with Gasteiger partial charge in [-0.25, -0.2) is 9.37 Å². The summed E-state index contributed by atoms with van der Waals surface area (Å²) in [4.78, 5) is 29.3. The maximum atomic E-state index is 13.6. The van der Waals surface area contributed by atoms with Crippen molar-refractivity contribution in [2.45, 2.75) is 31.5 Å². The first-order valence-electron chi connectivity index (χ1n) is 8.25. The normalized spacial score (nSPS) is 11.0. The molecule has 0 saturated carbocycles. The molecule has 3 aromatic rings. The number of aromatic nitrogens is 2.